The fourth-order valence-corrected chi connectivity index (χ4v) is 1.66. The standard InChI is InChI=1S/C13H14ClN3O/c1-8-5-11(3-4-12(8)14)18-13-16-9(2)6-10(7-15)17-13/h3-6H,7,15H2,1-2H3. The molecule has 5 heteroatoms. The molecule has 2 aromatic rings. The molecule has 0 unspecified atom stereocenters. The predicted molar refractivity (Wildman–Crippen MR) is 70.9 cm³/mol. The van der Waals surface area contributed by atoms with Gasteiger partial charge in [-0.25, -0.2) is 4.98 Å². The molecule has 0 saturated carbocycles. The highest BCUT2D eigenvalue weighted by Gasteiger charge is 2.05. The molecule has 0 spiro atoms. The summed E-state index contributed by atoms with van der Waals surface area (Å²) in [6, 6.07) is 7.54. The molecule has 18 heavy (non-hydrogen) atoms. The Balaban J connectivity index is 2.27. The summed E-state index contributed by atoms with van der Waals surface area (Å²) in [5.41, 5.74) is 8.09. The van der Waals surface area contributed by atoms with Gasteiger partial charge in [0.25, 0.3) is 0 Å². The molecular weight excluding hydrogens is 250 g/mol. The summed E-state index contributed by atoms with van der Waals surface area (Å²) in [6.07, 6.45) is 0. The molecule has 0 aliphatic rings. The third-order valence-corrected chi connectivity index (χ3v) is 2.86. The Labute approximate surface area is 111 Å². The topological polar surface area (TPSA) is 61.0 Å². The van der Waals surface area contributed by atoms with E-state index in [9.17, 15) is 0 Å². The molecule has 4 nitrogen and oxygen atoms in total. The normalized spacial score (nSPS) is 10.4. The van der Waals surface area contributed by atoms with Crippen LogP contribution in [-0.4, -0.2) is 9.97 Å². The van der Waals surface area contributed by atoms with Gasteiger partial charge < -0.3 is 10.5 Å². The van der Waals surface area contributed by atoms with Crippen LogP contribution in [0.25, 0.3) is 0 Å². The zero-order valence-electron chi connectivity index (χ0n) is 10.3. The number of ether oxygens (including phenoxy) is 1. The summed E-state index contributed by atoms with van der Waals surface area (Å²) in [7, 11) is 0. The minimum absolute atomic E-state index is 0.303. The molecule has 0 fully saturated rings. The second kappa shape index (κ2) is 5.33. The molecule has 0 amide bonds. The highest BCUT2D eigenvalue weighted by atomic mass is 35.5. The summed E-state index contributed by atoms with van der Waals surface area (Å²) in [5, 5.41) is 0.704. The SMILES string of the molecule is Cc1cc(CN)nc(Oc2ccc(Cl)c(C)c2)n1. The van der Waals surface area contributed by atoms with Gasteiger partial charge >= 0.3 is 6.01 Å². The van der Waals surface area contributed by atoms with Crippen molar-refractivity contribution in [3.8, 4) is 11.8 Å². The summed E-state index contributed by atoms with van der Waals surface area (Å²) < 4.78 is 5.60. The second-order valence-corrected chi connectivity index (χ2v) is 4.41. The molecule has 0 aliphatic carbocycles. The minimum Gasteiger partial charge on any atom is -0.424 e. The van der Waals surface area contributed by atoms with Crippen LogP contribution in [0, 0.1) is 13.8 Å². The number of aromatic nitrogens is 2. The maximum Gasteiger partial charge on any atom is 0.322 e. The van der Waals surface area contributed by atoms with Gasteiger partial charge in [-0.15, -0.1) is 0 Å². The van der Waals surface area contributed by atoms with E-state index in [0.29, 0.717) is 23.3 Å². The van der Waals surface area contributed by atoms with Crippen molar-refractivity contribution in [1.82, 2.24) is 9.97 Å². The molecule has 2 rings (SSSR count). The molecule has 0 radical (unpaired) electrons. The van der Waals surface area contributed by atoms with Crippen LogP contribution in [-0.2, 0) is 6.54 Å². The lowest BCUT2D eigenvalue weighted by Gasteiger charge is -2.07. The van der Waals surface area contributed by atoms with Crippen molar-refractivity contribution in [3.05, 3.63) is 46.2 Å². The number of aryl methyl sites for hydroxylation is 2. The quantitative estimate of drug-likeness (QED) is 0.925. The molecule has 94 valence electrons. The van der Waals surface area contributed by atoms with Crippen molar-refractivity contribution in [2.24, 2.45) is 5.73 Å². The third kappa shape index (κ3) is 2.97. The van der Waals surface area contributed by atoms with Gasteiger partial charge in [0, 0.05) is 17.3 Å². The first kappa shape index (κ1) is 12.8. The summed E-state index contributed by atoms with van der Waals surface area (Å²) >= 11 is 5.95. The average Bonchev–Trinajstić information content (AvgIpc) is 2.33. The van der Waals surface area contributed by atoms with Crippen molar-refractivity contribution < 1.29 is 4.74 Å². The van der Waals surface area contributed by atoms with Crippen LogP contribution in [0.2, 0.25) is 5.02 Å². The van der Waals surface area contributed by atoms with Crippen molar-refractivity contribution >= 4 is 11.6 Å². The fraction of sp³-hybridized carbons (Fsp3) is 0.231. The number of nitrogens with two attached hydrogens (primary N) is 1. The van der Waals surface area contributed by atoms with Gasteiger partial charge in [-0.05, 0) is 43.7 Å². The Bertz CT molecular complexity index is 572. The Kier molecular flexibility index (Phi) is 3.79. The average molecular weight is 264 g/mol. The van der Waals surface area contributed by atoms with Gasteiger partial charge in [-0.2, -0.15) is 4.98 Å². The van der Waals surface area contributed by atoms with Gasteiger partial charge in [0.2, 0.25) is 0 Å². The van der Waals surface area contributed by atoms with E-state index in [1.807, 2.05) is 26.0 Å². The highest BCUT2D eigenvalue weighted by Crippen LogP contribution is 2.24. The monoisotopic (exact) mass is 263 g/mol. The molecule has 0 bridgehead atoms. The Morgan fingerprint density at radius 2 is 2.00 bits per heavy atom. The fourth-order valence-electron chi connectivity index (χ4n) is 1.54. The number of halogens is 1. The van der Waals surface area contributed by atoms with Gasteiger partial charge in [0.15, 0.2) is 0 Å². The van der Waals surface area contributed by atoms with Crippen LogP contribution >= 0.6 is 11.6 Å². The maximum atomic E-state index is 5.95. The van der Waals surface area contributed by atoms with E-state index in [1.54, 1.807) is 12.1 Å². The lowest BCUT2D eigenvalue weighted by molar-refractivity contribution is 0.437. The summed E-state index contributed by atoms with van der Waals surface area (Å²) in [5.74, 6) is 0.658. The zero-order valence-corrected chi connectivity index (χ0v) is 11.0. The van der Waals surface area contributed by atoms with E-state index in [1.165, 1.54) is 0 Å². The van der Waals surface area contributed by atoms with Crippen LogP contribution < -0.4 is 10.5 Å². The van der Waals surface area contributed by atoms with E-state index in [0.717, 1.165) is 17.0 Å². The van der Waals surface area contributed by atoms with E-state index < -0.39 is 0 Å². The Hall–Kier alpha value is -1.65. The zero-order chi connectivity index (χ0) is 13.1. The molecule has 0 saturated heterocycles. The molecule has 0 aliphatic heterocycles. The van der Waals surface area contributed by atoms with Crippen molar-refractivity contribution in [2.75, 3.05) is 0 Å². The van der Waals surface area contributed by atoms with Crippen LogP contribution in [0.15, 0.2) is 24.3 Å². The van der Waals surface area contributed by atoms with Gasteiger partial charge in [-0.3, -0.25) is 0 Å². The smallest absolute Gasteiger partial charge is 0.322 e. The second-order valence-electron chi connectivity index (χ2n) is 4.00. The number of benzene rings is 1. The van der Waals surface area contributed by atoms with E-state index >= 15 is 0 Å². The highest BCUT2D eigenvalue weighted by molar-refractivity contribution is 6.31. The Morgan fingerprint density at radius 1 is 1.22 bits per heavy atom. The first-order valence-electron chi connectivity index (χ1n) is 5.57. The van der Waals surface area contributed by atoms with Crippen LogP contribution in [0.4, 0.5) is 0 Å². The number of hydrogen-bond donors (Lipinski definition) is 1. The summed E-state index contributed by atoms with van der Waals surface area (Å²) in [6.45, 7) is 4.15. The maximum absolute atomic E-state index is 5.95. The van der Waals surface area contributed by atoms with Gasteiger partial charge in [0.1, 0.15) is 5.75 Å². The minimum atomic E-state index is 0.303. The van der Waals surface area contributed by atoms with Crippen molar-refractivity contribution in [1.29, 1.82) is 0 Å². The van der Waals surface area contributed by atoms with Crippen molar-refractivity contribution in [3.63, 3.8) is 0 Å². The third-order valence-electron chi connectivity index (χ3n) is 2.43. The molecule has 1 heterocycles. The number of hydrogen-bond acceptors (Lipinski definition) is 4. The number of nitrogens with zero attached hydrogens (tertiary/aromatic N) is 2. The van der Waals surface area contributed by atoms with Crippen molar-refractivity contribution in [2.45, 2.75) is 20.4 Å². The molecule has 1 aromatic carbocycles. The predicted octanol–water partition coefficient (Wildman–Crippen LogP) is 3.00. The van der Waals surface area contributed by atoms with Crippen LogP contribution in [0.5, 0.6) is 11.8 Å². The largest absolute Gasteiger partial charge is 0.424 e. The first-order chi connectivity index (χ1) is 8.58. The summed E-state index contributed by atoms with van der Waals surface area (Å²) in [4.78, 5) is 8.42. The van der Waals surface area contributed by atoms with E-state index in [2.05, 4.69) is 9.97 Å². The number of rotatable bonds is 3. The Morgan fingerprint density at radius 3 is 2.67 bits per heavy atom. The first-order valence-corrected chi connectivity index (χ1v) is 5.95. The molecule has 2 N–H and O–H groups in total. The van der Waals surface area contributed by atoms with E-state index in [4.69, 9.17) is 22.1 Å². The van der Waals surface area contributed by atoms with Crippen LogP contribution in [0.3, 0.4) is 0 Å². The van der Waals surface area contributed by atoms with Crippen LogP contribution in [0.1, 0.15) is 17.0 Å². The lowest BCUT2D eigenvalue weighted by atomic mass is 10.2. The van der Waals surface area contributed by atoms with E-state index in [-0.39, 0.29) is 0 Å². The molecule has 1 aromatic heterocycles. The lowest BCUT2D eigenvalue weighted by Crippen LogP contribution is -2.03. The molecule has 0 atom stereocenters. The van der Waals surface area contributed by atoms with Gasteiger partial charge in [0.05, 0.1) is 5.69 Å². The molecular formula is C13H14ClN3O. The van der Waals surface area contributed by atoms with Gasteiger partial charge in [-0.1, -0.05) is 11.6 Å².